The van der Waals surface area contributed by atoms with E-state index in [-0.39, 0.29) is 11.1 Å². The fourth-order valence-electron chi connectivity index (χ4n) is 1.11. The van der Waals surface area contributed by atoms with Crippen LogP contribution in [0.2, 0.25) is 0 Å². The van der Waals surface area contributed by atoms with Crippen molar-refractivity contribution in [2.75, 3.05) is 6.61 Å². The van der Waals surface area contributed by atoms with Crippen molar-refractivity contribution >= 4 is 0 Å². The summed E-state index contributed by atoms with van der Waals surface area (Å²) in [5, 5.41) is 8.71. The second kappa shape index (κ2) is 3.79. The van der Waals surface area contributed by atoms with E-state index in [0.717, 1.165) is 6.08 Å². The minimum atomic E-state index is -1.64. The number of aliphatic hydroxyl groups excluding tert-OH is 1. The molecule has 0 heterocycles. The van der Waals surface area contributed by atoms with Gasteiger partial charge in [-0.2, -0.15) is 0 Å². The molecule has 1 aliphatic rings. The molecule has 72 valence electrons. The Morgan fingerprint density at radius 3 is 2.54 bits per heavy atom. The fourth-order valence-corrected chi connectivity index (χ4v) is 1.11. The summed E-state index contributed by atoms with van der Waals surface area (Å²) in [6, 6.07) is 0. The van der Waals surface area contributed by atoms with E-state index in [1.165, 1.54) is 6.92 Å². The van der Waals surface area contributed by atoms with Crippen LogP contribution >= 0.6 is 0 Å². The number of hydrogen-bond acceptors (Lipinski definition) is 1. The molecular formula is C9H9F3O. The first kappa shape index (κ1) is 10.1. The van der Waals surface area contributed by atoms with E-state index in [2.05, 4.69) is 0 Å². The van der Waals surface area contributed by atoms with E-state index in [0.29, 0.717) is 6.08 Å². The average Bonchev–Trinajstić information content (AvgIpc) is 2.11. The van der Waals surface area contributed by atoms with Crippen LogP contribution in [-0.2, 0) is 0 Å². The predicted molar refractivity (Wildman–Crippen MR) is 43.1 cm³/mol. The zero-order valence-corrected chi connectivity index (χ0v) is 7.02. The van der Waals surface area contributed by atoms with Crippen LogP contribution in [0.3, 0.4) is 0 Å². The van der Waals surface area contributed by atoms with Gasteiger partial charge >= 0.3 is 0 Å². The third kappa shape index (κ3) is 2.01. The topological polar surface area (TPSA) is 20.2 Å². The van der Waals surface area contributed by atoms with Crippen LogP contribution in [0.1, 0.15) is 6.92 Å². The Morgan fingerprint density at radius 1 is 1.38 bits per heavy atom. The van der Waals surface area contributed by atoms with Crippen LogP contribution in [0.5, 0.6) is 0 Å². The molecule has 0 bridgehead atoms. The normalized spacial score (nSPS) is 23.9. The Hall–Kier alpha value is -1.03. The monoisotopic (exact) mass is 190 g/mol. The number of allylic oxidation sites excluding steroid dienone is 4. The van der Waals surface area contributed by atoms with Crippen LogP contribution in [0, 0.1) is 0 Å². The van der Waals surface area contributed by atoms with Crippen LogP contribution in [0.25, 0.3) is 0 Å². The van der Waals surface area contributed by atoms with E-state index < -0.39 is 24.4 Å². The van der Waals surface area contributed by atoms with E-state index in [4.69, 9.17) is 5.11 Å². The van der Waals surface area contributed by atoms with Crippen molar-refractivity contribution in [1.29, 1.82) is 0 Å². The highest BCUT2D eigenvalue weighted by atomic mass is 19.2. The van der Waals surface area contributed by atoms with Crippen LogP contribution in [-0.4, -0.2) is 17.9 Å². The van der Waals surface area contributed by atoms with Crippen molar-refractivity contribution in [3.63, 3.8) is 0 Å². The predicted octanol–water partition coefficient (Wildman–Crippen LogP) is 2.35. The van der Waals surface area contributed by atoms with Gasteiger partial charge in [0.15, 0.2) is 11.7 Å². The number of aliphatic hydroxyl groups is 1. The molecule has 0 spiro atoms. The first-order valence-electron chi connectivity index (χ1n) is 3.76. The second-order valence-electron chi connectivity index (χ2n) is 2.76. The maximum Gasteiger partial charge on any atom is 0.164 e. The van der Waals surface area contributed by atoms with Crippen molar-refractivity contribution in [3.8, 4) is 0 Å². The molecule has 1 aliphatic carbocycles. The quantitative estimate of drug-likeness (QED) is 0.672. The molecule has 1 N–H and O–H groups in total. The lowest BCUT2D eigenvalue weighted by Crippen LogP contribution is -1.96. The Morgan fingerprint density at radius 2 is 2.00 bits per heavy atom. The van der Waals surface area contributed by atoms with Gasteiger partial charge in [-0.1, -0.05) is 0 Å². The fraction of sp³-hybridized carbons (Fsp3) is 0.333. The molecule has 0 saturated carbocycles. The largest absolute Gasteiger partial charge is 0.392 e. The molecule has 13 heavy (non-hydrogen) atoms. The smallest absolute Gasteiger partial charge is 0.164 e. The van der Waals surface area contributed by atoms with E-state index in [1.54, 1.807) is 0 Å². The first-order valence-corrected chi connectivity index (χ1v) is 3.76. The van der Waals surface area contributed by atoms with Gasteiger partial charge in [-0.3, -0.25) is 0 Å². The van der Waals surface area contributed by atoms with Crippen molar-refractivity contribution in [2.45, 2.75) is 13.1 Å². The summed E-state index contributed by atoms with van der Waals surface area (Å²) < 4.78 is 38.5. The molecule has 1 unspecified atom stereocenters. The van der Waals surface area contributed by atoms with E-state index >= 15 is 0 Å². The molecule has 0 radical (unpaired) electrons. The molecule has 0 aromatic heterocycles. The van der Waals surface area contributed by atoms with E-state index in [9.17, 15) is 13.2 Å². The summed E-state index contributed by atoms with van der Waals surface area (Å²) in [6.07, 6.45) is -0.0612. The zero-order chi connectivity index (χ0) is 10.0. The van der Waals surface area contributed by atoms with Crippen molar-refractivity contribution in [1.82, 2.24) is 0 Å². The molecule has 0 aromatic rings. The third-order valence-electron chi connectivity index (χ3n) is 1.82. The number of halogens is 3. The Kier molecular flexibility index (Phi) is 2.93. The molecule has 0 fully saturated rings. The molecule has 1 rings (SSSR count). The highest BCUT2D eigenvalue weighted by Gasteiger charge is 2.18. The molecule has 0 saturated heterocycles. The van der Waals surface area contributed by atoms with Gasteiger partial charge in [-0.25, -0.2) is 13.2 Å². The molecule has 1 nitrogen and oxygen atoms in total. The molecule has 1 atom stereocenters. The lowest BCUT2D eigenvalue weighted by molar-refractivity contribution is 0.327. The second-order valence-corrected chi connectivity index (χ2v) is 2.76. The van der Waals surface area contributed by atoms with Crippen LogP contribution in [0.4, 0.5) is 13.2 Å². The van der Waals surface area contributed by atoms with Gasteiger partial charge in [0.05, 0.1) is 6.61 Å². The number of rotatable bonds is 1. The summed E-state index contributed by atoms with van der Waals surface area (Å²) in [6.45, 7) is 0.784. The van der Waals surface area contributed by atoms with Gasteiger partial charge in [0.2, 0.25) is 0 Å². The lowest BCUT2D eigenvalue weighted by atomic mass is 10.1. The van der Waals surface area contributed by atoms with Crippen molar-refractivity contribution < 1.29 is 18.3 Å². The van der Waals surface area contributed by atoms with Crippen molar-refractivity contribution in [2.24, 2.45) is 0 Å². The highest BCUT2D eigenvalue weighted by molar-refractivity contribution is 5.42. The molecule has 4 heteroatoms. The van der Waals surface area contributed by atoms with Gasteiger partial charge in [-0.05, 0) is 24.6 Å². The molecule has 0 amide bonds. The molecule has 0 aromatic carbocycles. The first-order chi connectivity index (χ1) is 6.06. The average molecular weight is 190 g/mol. The SMILES string of the molecule is CC1=CC(F)C=C(F)C(F)=C1CO. The molecular weight excluding hydrogens is 181 g/mol. The summed E-state index contributed by atoms with van der Waals surface area (Å²) in [5.74, 6) is -2.44. The van der Waals surface area contributed by atoms with Gasteiger partial charge in [0.1, 0.15) is 6.17 Å². The zero-order valence-electron chi connectivity index (χ0n) is 7.02. The molecule has 0 aliphatic heterocycles. The van der Waals surface area contributed by atoms with Gasteiger partial charge in [0.25, 0.3) is 0 Å². The third-order valence-corrected chi connectivity index (χ3v) is 1.82. The van der Waals surface area contributed by atoms with Crippen LogP contribution < -0.4 is 0 Å². The Balaban J connectivity index is 3.20. The number of alkyl halides is 1. The minimum absolute atomic E-state index is 0.200. The highest BCUT2D eigenvalue weighted by Crippen LogP contribution is 2.27. The summed E-state index contributed by atoms with van der Waals surface area (Å²) >= 11 is 0. The summed E-state index contributed by atoms with van der Waals surface area (Å²) in [5.41, 5.74) is 0.0188. The van der Waals surface area contributed by atoms with Crippen LogP contribution in [0.15, 0.2) is 35.0 Å². The summed E-state index contributed by atoms with van der Waals surface area (Å²) in [7, 11) is 0. The van der Waals surface area contributed by atoms with Gasteiger partial charge < -0.3 is 5.11 Å². The minimum Gasteiger partial charge on any atom is -0.392 e. The van der Waals surface area contributed by atoms with E-state index in [1.807, 2.05) is 0 Å². The van der Waals surface area contributed by atoms with Gasteiger partial charge in [0, 0.05) is 5.57 Å². The maximum atomic E-state index is 13.0. The Bertz CT molecular complexity index is 302. The van der Waals surface area contributed by atoms with Crippen molar-refractivity contribution in [3.05, 3.63) is 35.0 Å². The maximum absolute atomic E-state index is 13.0. The number of hydrogen-bond donors (Lipinski definition) is 1. The van der Waals surface area contributed by atoms with Gasteiger partial charge in [-0.15, -0.1) is 0 Å². The summed E-state index contributed by atoms with van der Waals surface area (Å²) in [4.78, 5) is 0. The standard InChI is InChI=1S/C9H9F3O/c1-5-2-6(10)3-8(11)9(12)7(5)4-13/h2-3,6,13H,4H2,1H3. The lowest BCUT2D eigenvalue weighted by Gasteiger charge is -2.03. The Labute approximate surface area is 73.9 Å².